The summed E-state index contributed by atoms with van der Waals surface area (Å²) in [6, 6.07) is 0. The maximum absolute atomic E-state index is 9.77. The molecule has 0 aliphatic carbocycles. The van der Waals surface area contributed by atoms with Gasteiger partial charge in [0.25, 0.3) is 0 Å². The van der Waals surface area contributed by atoms with Crippen molar-refractivity contribution in [2.45, 2.75) is 122 Å². The normalized spacial score (nSPS) is 14.1. The van der Waals surface area contributed by atoms with E-state index in [2.05, 4.69) is 12.2 Å². The summed E-state index contributed by atoms with van der Waals surface area (Å²) >= 11 is 0. The number of nitrogens with two attached hydrogens (primary N) is 1. The minimum atomic E-state index is -0.238. The lowest BCUT2D eigenvalue weighted by Gasteiger charge is -2.13. The monoisotopic (exact) mass is 328 g/mol. The minimum absolute atomic E-state index is 0.0269. The first kappa shape index (κ1) is 22.9. The van der Waals surface area contributed by atoms with E-state index in [1.54, 1.807) is 0 Å². The number of aliphatic hydroxyl groups is 1. The van der Waals surface area contributed by atoms with Gasteiger partial charge in [-0.15, -0.1) is 0 Å². The van der Waals surface area contributed by atoms with Crippen LogP contribution in [0, 0.1) is 0 Å². The first-order valence-corrected chi connectivity index (χ1v) is 10.3. The van der Waals surface area contributed by atoms with E-state index in [9.17, 15) is 5.11 Å². The van der Waals surface area contributed by atoms with Crippen LogP contribution in [0.3, 0.4) is 0 Å². The summed E-state index contributed by atoms with van der Waals surface area (Å²) < 4.78 is 0. The van der Waals surface area contributed by atoms with E-state index < -0.39 is 0 Å². The minimum Gasteiger partial charge on any atom is -0.392 e. The molecule has 0 aliphatic heterocycles. The van der Waals surface area contributed by atoms with Crippen molar-refractivity contribution < 1.29 is 5.11 Å². The van der Waals surface area contributed by atoms with E-state index in [0.29, 0.717) is 6.54 Å². The third-order valence-electron chi connectivity index (χ3n) is 4.57. The highest BCUT2D eigenvalue weighted by molar-refractivity contribution is 4.61. The molecule has 0 radical (unpaired) electrons. The Labute approximate surface area is 145 Å². The van der Waals surface area contributed by atoms with Crippen LogP contribution in [-0.4, -0.2) is 23.9 Å². The van der Waals surface area contributed by atoms with E-state index in [1.165, 1.54) is 83.5 Å². The van der Waals surface area contributed by atoms with Crippen molar-refractivity contribution in [1.29, 1.82) is 0 Å². The molecule has 0 aromatic rings. The highest BCUT2D eigenvalue weighted by Gasteiger charge is 2.04. The second kappa shape index (κ2) is 18.2. The number of hydrogen-bond donors (Lipinski definition) is 3. The molecular weight excluding hydrogens is 284 g/mol. The Morgan fingerprint density at radius 3 is 1.52 bits per heavy atom. The molecule has 4 N–H and O–H groups in total. The van der Waals surface area contributed by atoms with Crippen molar-refractivity contribution in [3.05, 3.63) is 0 Å². The first-order chi connectivity index (χ1) is 11.2. The van der Waals surface area contributed by atoms with Crippen LogP contribution in [0.25, 0.3) is 0 Å². The average Bonchev–Trinajstić information content (AvgIpc) is 2.53. The zero-order valence-electron chi connectivity index (χ0n) is 16.0. The summed E-state index contributed by atoms with van der Waals surface area (Å²) in [5.74, 6) is 0. The molecule has 3 nitrogen and oxygen atoms in total. The molecule has 0 aliphatic rings. The molecule has 2 atom stereocenters. The smallest absolute Gasteiger partial charge is 0.0665 e. The van der Waals surface area contributed by atoms with Crippen molar-refractivity contribution in [2.75, 3.05) is 6.54 Å². The van der Waals surface area contributed by atoms with Crippen LogP contribution in [0.15, 0.2) is 0 Å². The van der Waals surface area contributed by atoms with Gasteiger partial charge in [0, 0.05) is 6.54 Å². The number of rotatable bonds is 18. The summed E-state index contributed by atoms with van der Waals surface area (Å²) in [4.78, 5) is 0. The molecule has 3 heteroatoms. The molecule has 0 fully saturated rings. The first-order valence-electron chi connectivity index (χ1n) is 10.3. The van der Waals surface area contributed by atoms with E-state index in [4.69, 9.17) is 5.73 Å². The molecule has 0 saturated heterocycles. The van der Waals surface area contributed by atoms with Gasteiger partial charge in [0.1, 0.15) is 0 Å². The van der Waals surface area contributed by atoms with Crippen molar-refractivity contribution in [2.24, 2.45) is 5.73 Å². The Kier molecular flexibility index (Phi) is 18.1. The summed E-state index contributed by atoms with van der Waals surface area (Å²) in [7, 11) is 0. The van der Waals surface area contributed by atoms with E-state index in [-0.39, 0.29) is 12.3 Å². The predicted molar refractivity (Wildman–Crippen MR) is 103 cm³/mol. The summed E-state index contributed by atoms with van der Waals surface area (Å²) in [6.07, 6.45) is 19.9. The van der Waals surface area contributed by atoms with Crippen LogP contribution in [-0.2, 0) is 0 Å². The van der Waals surface area contributed by atoms with Gasteiger partial charge in [-0.05, 0) is 13.3 Å². The molecule has 0 bridgehead atoms. The van der Waals surface area contributed by atoms with Gasteiger partial charge in [-0.1, -0.05) is 96.8 Å². The second-order valence-corrected chi connectivity index (χ2v) is 7.24. The molecule has 0 aromatic carbocycles. The maximum atomic E-state index is 9.77. The number of hydrogen-bond acceptors (Lipinski definition) is 3. The van der Waals surface area contributed by atoms with Gasteiger partial charge in [0.05, 0.1) is 12.3 Å². The topological polar surface area (TPSA) is 58.3 Å². The molecule has 0 heterocycles. The van der Waals surface area contributed by atoms with E-state index in [1.807, 2.05) is 6.92 Å². The van der Waals surface area contributed by atoms with E-state index in [0.717, 1.165) is 12.8 Å². The molecule has 0 saturated carbocycles. The number of nitrogens with one attached hydrogen (secondary N) is 1. The molecule has 0 aromatic heterocycles. The van der Waals surface area contributed by atoms with Gasteiger partial charge >= 0.3 is 0 Å². The molecule has 0 rings (SSSR count). The fraction of sp³-hybridized carbons (Fsp3) is 1.00. The summed E-state index contributed by atoms with van der Waals surface area (Å²) in [6.45, 7) is 4.80. The van der Waals surface area contributed by atoms with Gasteiger partial charge in [-0.25, -0.2) is 0 Å². The molecule has 2 unspecified atom stereocenters. The third kappa shape index (κ3) is 19.8. The van der Waals surface area contributed by atoms with Crippen LogP contribution in [0.4, 0.5) is 0 Å². The molecule has 23 heavy (non-hydrogen) atoms. The largest absolute Gasteiger partial charge is 0.392 e. The lowest BCUT2D eigenvalue weighted by Crippen LogP contribution is -2.39. The Bertz CT molecular complexity index is 222. The molecule has 0 amide bonds. The second-order valence-electron chi connectivity index (χ2n) is 7.24. The van der Waals surface area contributed by atoms with Crippen molar-refractivity contribution >= 4 is 0 Å². The SMILES string of the molecule is CCCCCCCCCCCCCCCCC(O)CNC(C)N. The van der Waals surface area contributed by atoms with Crippen LogP contribution in [0.1, 0.15) is 110 Å². The molecular formula is C20H44N2O. The highest BCUT2D eigenvalue weighted by Crippen LogP contribution is 2.13. The van der Waals surface area contributed by atoms with Crippen molar-refractivity contribution in [3.63, 3.8) is 0 Å². The Hall–Kier alpha value is -0.120. The lowest BCUT2D eigenvalue weighted by molar-refractivity contribution is 0.154. The fourth-order valence-corrected chi connectivity index (χ4v) is 3.00. The third-order valence-corrected chi connectivity index (χ3v) is 4.57. The summed E-state index contributed by atoms with van der Waals surface area (Å²) in [5, 5.41) is 12.8. The number of aliphatic hydroxyl groups excluding tert-OH is 1. The lowest BCUT2D eigenvalue weighted by atomic mass is 10.0. The zero-order valence-corrected chi connectivity index (χ0v) is 16.0. The maximum Gasteiger partial charge on any atom is 0.0665 e. The fourth-order valence-electron chi connectivity index (χ4n) is 3.00. The van der Waals surface area contributed by atoms with Gasteiger partial charge < -0.3 is 10.8 Å². The van der Waals surface area contributed by atoms with Crippen molar-refractivity contribution in [1.82, 2.24) is 5.32 Å². The Morgan fingerprint density at radius 1 is 0.739 bits per heavy atom. The average molecular weight is 329 g/mol. The van der Waals surface area contributed by atoms with E-state index >= 15 is 0 Å². The standard InChI is InChI=1S/C20H44N2O/c1-3-4-5-6-7-8-9-10-11-12-13-14-15-16-17-20(23)18-22-19(2)21/h19-20,22-23H,3-18,21H2,1-2H3. The Morgan fingerprint density at radius 2 is 1.13 bits per heavy atom. The zero-order chi connectivity index (χ0) is 17.2. The van der Waals surface area contributed by atoms with Gasteiger partial charge in [-0.2, -0.15) is 0 Å². The van der Waals surface area contributed by atoms with Crippen LogP contribution >= 0.6 is 0 Å². The summed E-state index contributed by atoms with van der Waals surface area (Å²) in [5.41, 5.74) is 5.60. The molecule has 140 valence electrons. The quantitative estimate of drug-likeness (QED) is 0.242. The molecule has 0 spiro atoms. The van der Waals surface area contributed by atoms with Crippen LogP contribution < -0.4 is 11.1 Å². The predicted octanol–water partition coefficient (Wildman–Crippen LogP) is 5.11. The van der Waals surface area contributed by atoms with Crippen LogP contribution in [0.5, 0.6) is 0 Å². The Balaban J connectivity index is 3.07. The van der Waals surface area contributed by atoms with Crippen molar-refractivity contribution in [3.8, 4) is 0 Å². The highest BCUT2D eigenvalue weighted by atomic mass is 16.3. The number of unbranched alkanes of at least 4 members (excludes halogenated alkanes) is 13. The van der Waals surface area contributed by atoms with Crippen LogP contribution in [0.2, 0.25) is 0 Å². The van der Waals surface area contributed by atoms with Gasteiger partial charge in [0.2, 0.25) is 0 Å². The van der Waals surface area contributed by atoms with Gasteiger partial charge in [-0.3, -0.25) is 5.32 Å². The van der Waals surface area contributed by atoms with Gasteiger partial charge in [0.15, 0.2) is 0 Å².